The van der Waals surface area contributed by atoms with Gasteiger partial charge in [-0.3, -0.25) is 14.4 Å². The Morgan fingerprint density at radius 2 is 2.24 bits per heavy atom. The molecule has 0 unspecified atom stereocenters. The molecule has 2 heterocycles. The molecule has 0 spiro atoms. The van der Waals surface area contributed by atoms with Gasteiger partial charge in [0.2, 0.25) is 5.82 Å². The highest BCUT2D eigenvalue weighted by Gasteiger charge is 2.19. The Morgan fingerprint density at radius 1 is 1.45 bits per heavy atom. The lowest BCUT2D eigenvalue weighted by Crippen LogP contribution is -2.22. The molecule has 29 heavy (non-hydrogen) atoms. The van der Waals surface area contributed by atoms with Gasteiger partial charge in [0.15, 0.2) is 5.84 Å². The number of nitrogens with two attached hydrogens (primary N) is 1. The molecule has 0 aliphatic carbocycles. The first kappa shape index (κ1) is 19.6. The Labute approximate surface area is 166 Å². The van der Waals surface area contributed by atoms with Crippen LogP contribution in [0, 0.1) is 25.1 Å². The fourth-order valence-electron chi connectivity index (χ4n) is 2.82. The summed E-state index contributed by atoms with van der Waals surface area (Å²) < 4.78 is 16.2. The van der Waals surface area contributed by atoms with Crippen molar-refractivity contribution >= 4 is 34.3 Å². The minimum Gasteiger partial charge on any atom is -0.404 e. The molecule has 3 rings (SSSR count). The molecule has 1 aromatic carbocycles. The number of anilines is 2. The topological polar surface area (TPSA) is 111 Å². The van der Waals surface area contributed by atoms with E-state index in [9.17, 15) is 9.18 Å². The van der Waals surface area contributed by atoms with Crippen LogP contribution in [-0.2, 0) is 4.79 Å². The van der Waals surface area contributed by atoms with E-state index < -0.39 is 11.7 Å². The van der Waals surface area contributed by atoms with Crippen molar-refractivity contribution < 1.29 is 14.2 Å². The molecule has 0 radical (unpaired) electrons. The number of benzene rings is 1. The Bertz CT molecular complexity index is 1190. The fraction of sp³-hybridized carbons (Fsp3) is 0.100. The Morgan fingerprint density at radius 3 is 2.93 bits per heavy atom. The first-order valence-corrected chi connectivity index (χ1v) is 8.56. The van der Waals surface area contributed by atoms with Crippen molar-refractivity contribution in [1.29, 1.82) is 0 Å². The number of fused-ring (bicyclic) bond motifs is 1. The van der Waals surface area contributed by atoms with Gasteiger partial charge in [0, 0.05) is 30.4 Å². The lowest BCUT2D eigenvalue weighted by molar-refractivity contribution is -0.367. The van der Waals surface area contributed by atoms with Gasteiger partial charge in [-0.2, -0.15) is 4.39 Å². The lowest BCUT2D eigenvalue weighted by atomic mass is 10.2. The number of nitrogens with one attached hydrogen (secondary N) is 3. The minimum atomic E-state index is -0.540. The van der Waals surface area contributed by atoms with Crippen molar-refractivity contribution in [2.75, 3.05) is 17.7 Å². The number of rotatable bonds is 4. The first-order valence-electron chi connectivity index (χ1n) is 8.56. The Balaban J connectivity index is 2.05. The number of aromatic amines is 1. The monoisotopic (exact) mass is 392 g/mol. The highest BCUT2D eigenvalue weighted by molar-refractivity contribution is 6.04. The van der Waals surface area contributed by atoms with Crippen LogP contribution in [0.1, 0.15) is 5.56 Å². The number of aromatic nitrogens is 3. The second-order valence-electron chi connectivity index (χ2n) is 6.03. The quantitative estimate of drug-likeness (QED) is 0.357. The maximum Gasteiger partial charge on any atom is 0.397 e. The maximum absolute atomic E-state index is 14.6. The van der Waals surface area contributed by atoms with Gasteiger partial charge in [-0.05, 0) is 47.8 Å². The number of carbonyl (C=O) groups excluding carboxylic acids is 1. The minimum absolute atomic E-state index is 0.0944. The Hall–Kier alpha value is -4.19. The van der Waals surface area contributed by atoms with Crippen molar-refractivity contribution in [3.05, 3.63) is 54.2 Å². The van der Waals surface area contributed by atoms with Crippen LogP contribution in [0.3, 0.4) is 0 Å². The highest BCUT2D eigenvalue weighted by atomic mass is 19.1. The smallest absolute Gasteiger partial charge is 0.397 e. The van der Waals surface area contributed by atoms with Gasteiger partial charge >= 0.3 is 5.95 Å². The molecule has 0 fully saturated rings. The number of H-pyrrole nitrogens is 1. The first-order chi connectivity index (χ1) is 14.0. The third kappa shape index (κ3) is 4.06. The van der Waals surface area contributed by atoms with Crippen molar-refractivity contribution in [3.8, 4) is 18.2 Å². The summed E-state index contributed by atoms with van der Waals surface area (Å²) in [4.78, 5) is 22.5. The van der Waals surface area contributed by atoms with E-state index in [0.29, 0.717) is 11.5 Å². The molecule has 0 saturated heterocycles. The number of amidine groups is 1. The van der Waals surface area contributed by atoms with Gasteiger partial charge in [0.25, 0.3) is 11.7 Å². The van der Waals surface area contributed by atoms with E-state index in [1.807, 2.05) is 12.8 Å². The van der Waals surface area contributed by atoms with Crippen LogP contribution >= 0.6 is 0 Å². The SMILES string of the molecule is C#CC(=O)Nc1ccc2c(c1)c(C)cn2-c1nc(NC(/C=C\N)=NC)[nH+]cc1F. The summed E-state index contributed by atoms with van der Waals surface area (Å²) in [5.74, 6) is 1.76. The van der Waals surface area contributed by atoms with Crippen molar-refractivity contribution in [2.45, 2.75) is 6.92 Å². The molecule has 0 aliphatic heterocycles. The summed E-state index contributed by atoms with van der Waals surface area (Å²) in [6.45, 7) is 1.88. The zero-order valence-corrected chi connectivity index (χ0v) is 15.8. The van der Waals surface area contributed by atoms with E-state index in [-0.39, 0.29) is 11.8 Å². The normalized spacial score (nSPS) is 11.6. The van der Waals surface area contributed by atoms with Crippen LogP contribution in [0.4, 0.5) is 16.0 Å². The molecule has 2 aromatic heterocycles. The number of nitrogens with zero attached hydrogens (tertiary/aromatic N) is 3. The predicted octanol–water partition coefficient (Wildman–Crippen LogP) is 1.77. The number of hydrogen-bond acceptors (Lipinski definition) is 4. The second kappa shape index (κ2) is 8.22. The van der Waals surface area contributed by atoms with Gasteiger partial charge in [0.1, 0.15) is 6.20 Å². The van der Waals surface area contributed by atoms with Crippen LogP contribution < -0.4 is 21.4 Å². The number of aliphatic imine (C=N–C) groups is 1. The molecule has 8 nitrogen and oxygen atoms in total. The number of amides is 1. The van der Waals surface area contributed by atoms with Crippen LogP contribution in [-0.4, -0.2) is 28.3 Å². The van der Waals surface area contributed by atoms with E-state index in [0.717, 1.165) is 16.5 Å². The van der Waals surface area contributed by atoms with E-state index in [1.54, 1.807) is 42.1 Å². The van der Waals surface area contributed by atoms with Crippen LogP contribution in [0.15, 0.2) is 47.9 Å². The summed E-state index contributed by atoms with van der Waals surface area (Å²) in [5, 5.41) is 6.36. The van der Waals surface area contributed by atoms with E-state index in [2.05, 4.69) is 25.6 Å². The molecule has 3 aromatic rings. The summed E-state index contributed by atoms with van der Waals surface area (Å²) in [5.41, 5.74) is 7.53. The molecular formula is C20H19FN7O+. The molecule has 146 valence electrons. The van der Waals surface area contributed by atoms with E-state index in [1.165, 1.54) is 12.4 Å². The number of hydrogen-bond donors (Lipinski definition) is 3. The predicted molar refractivity (Wildman–Crippen MR) is 110 cm³/mol. The van der Waals surface area contributed by atoms with Gasteiger partial charge < -0.3 is 11.1 Å². The summed E-state index contributed by atoms with van der Waals surface area (Å²) in [7, 11) is 1.59. The fourth-order valence-corrected chi connectivity index (χ4v) is 2.82. The van der Waals surface area contributed by atoms with Gasteiger partial charge in [-0.1, -0.05) is 0 Å². The molecule has 0 aliphatic rings. The molecular weight excluding hydrogens is 373 g/mol. The van der Waals surface area contributed by atoms with E-state index >= 15 is 0 Å². The molecule has 0 atom stereocenters. The molecule has 0 bridgehead atoms. The number of aryl methyl sites for hydroxylation is 1. The number of carbonyl (C=O) groups is 1. The van der Waals surface area contributed by atoms with E-state index in [4.69, 9.17) is 12.2 Å². The third-order valence-electron chi connectivity index (χ3n) is 4.13. The standard InChI is InChI=1S/C20H18FN7O/c1-4-18(29)25-13-5-6-16-14(9-13)12(2)11-28(16)19-15(21)10-24-20(27-19)26-17(23-3)7-8-22/h1,5-11H,22H2,2-3H3,(H,25,29)(H,23,24,26,27)/p+1/b8-7-. The Kier molecular flexibility index (Phi) is 5.55. The average molecular weight is 392 g/mol. The molecule has 5 N–H and O–H groups in total. The summed E-state index contributed by atoms with van der Waals surface area (Å²) in [6.07, 6.45) is 10.9. The molecule has 9 heteroatoms. The lowest BCUT2D eigenvalue weighted by Gasteiger charge is -2.05. The van der Waals surface area contributed by atoms with Crippen LogP contribution in [0.2, 0.25) is 0 Å². The molecule has 0 saturated carbocycles. The van der Waals surface area contributed by atoms with Crippen LogP contribution in [0.25, 0.3) is 16.7 Å². The van der Waals surface area contributed by atoms with Gasteiger partial charge in [-0.25, -0.2) is 10.3 Å². The summed E-state index contributed by atoms with van der Waals surface area (Å²) in [6, 6.07) is 5.22. The average Bonchev–Trinajstić information content (AvgIpc) is 3.04. The maximum atomic E-state index is 14.6. The number of terminal acetylenes is 1. The van der Waals surface area contributed by atoms with Crippen molar-refractivity contribution in [2.24, 2.45) is 10.7 Å². The zero-order chi connectivity index (χ0) is 21.0. The van der Waals surface area contributed by atoms with Crippen molar-refractivity contribution in [1.82, 2.24) is 9.55 Å². The third-order valence-corrected chi connectivity index (χ3v) is 4.13. The largest absolute Gasteiger partial charge is 0.404 e. The zero-order valence-electron chi connectivity index (χ0n) is 15.8. The number of halogens is 1. The summed E-state index contributed by atoms with van der Waals surface area (Å²) >= 11 is 0. The second-order valence-corrected chi connectivity index (χ2v) is 6.03. The van der Waals surface area contributed by atoms with Crippen molar-refractivity contribution in [3.63, 3.8) is 0 Å². The molecule has 1 amide bonds. The highest BCUT2D eigenvalue weighted by Crippen LogP contribution is 2.27. The van der Waals surface area contributed by atoms with Gasteiger partial charge in [0.05, 0.1) is 5.52 Å². The van der Waals surface area contributed by atoms with Gasteiger partial charge in [-0.15, -0.1) is 6.42 Å². The van der Waals surface area contributed by atoms with Crippen LogP contribution in [0.5, 0.6) is 0 Å².